The van der Waals surface area contributed by atoms with E-state index in [0.29, 0.717) is 12.0 Å². The normalized spacial score (nSPS) is 22.5. The summed E-state index contributed by atoms with van der Waals surface area (Å²) in [5, 5.41) is 0. The van der Waals surface area contributed by atoms with Crippen molar-refractivity contribution in [1.82, 2.24) is 14.4 Å². The van der Waals surface area contributed by atoms with Gasteiger partial charge in [0.05, 0.1) is 0 Å². The van der Waals surface area contributed by atoms with Gasteiger partial charge < -0.3 is 19.1 Å². The van der Waals surface area contributed by atoms with Crippen LogP contribution in [0.15, 0.2) is 17.1 Å². The van der Waals surface area contributed by atoms with Crippen LogP contribution < -0.4 is 10.2 Å². The van der Waals surface area contributed by atoms with Crippen molar-refractivity contribution in [3.63, 3.8) is 0 Å². The van der Waals surface area contributed by atoms with Crippen LogP contribution in [0.4, 0.5) is 0 Å². The number of carbonyl (C=O) groups excluding carboxylic acids is 1. The van der Waals surface area contributed by atoms with E-state index in [1.54, 1.807) is 11.1 Å². The van der Waals surface area contributed by atoms with E-state index in [9.17, 15) is 9.59 Å². The Bertz CT molecular complexity index is 704. The van der Waals surface area contributed by atoms with Gasteiger partial charge in [-0.1, -0.05) is 6.42 Å². The van der Waals surface area contributed by atoms with E-state index in [1.165, 1.54) is 51.3 Å². The molecule has 2 aliphatic heterocycles. The molecule has 27 heavy (non-hydrogen) atoms. The van der Waals surface area contributed by atoms with Crippen molar-refractivity contribution < 1.29 is 9.53 Å². The second kappa shape index (κ2) is 9.60. The SMILES string of the molecule is Cc1cc(=O)c(OCC(=O)N(C)C[C@@H]2CCCN3CCCC[C@H]23)cn1C.Cl. The van der Waals surface area contributed by atoms with Gasteiger partial charge in [-0.05, 0) is 51.6 Å². The number of pyridine rings is 1. The lowest BCUT2D eigenvalue weighted by Gasteiger charge is -2.45. The first-order valence-electron chi connectivity index (χ1n) is 9.74. The Balaban J connectivity index is 0.00000261. The fourth-order valence-electron chi connectivity index (χ4n) is 4.31. The lowest BCUT2D eigenvalue weighted by Crippen LogP contribution is -2.51. The zero-order valence-corrected chi connectivity index (χ0v) is 17.5. The first kappa shape index (κ1) is 21.8. The number of nitrogens with zero attached hydrogens (tertiary/aromatic N) is 3. The minimum atomic E-state index is -0.179. The number of aryl methyl sites for hydroxylation is 2. The van der Waals surface area contributed by atoms with E-state index in [2.05, 4.69) is 4.90 Å². The standard InChI is InChI=1S/C20H31N3O3.ClH/c1-15-11-18(24)19(13-21(15)2)26-14-20(25)22(3)12-16-7-6-10-23-9-5-4-8-17(16)23;/h11,13,16-17H,4-10,12,14H2,1-3H3;1H/t16-,17+;/m0./s1. The van der Waals surface area contributed by atoms with E-state index in [-0.39, 0.29) is 36.1 Å². The molecule has 1 aromatic rings. The minimum absolute atomic E-state index is 0. The van der Waals surface area contributed by atoms with Crippen molar-refractivity contribution in [2.24, 2.45) is 13.0 Å². The highest BCUT2D eigenvalue weighted by molar-refractivity contribution is 5.85. The number of halogens is 1. The van der Waals surface area contributed by atoms with Gasteiger partial charge in [-0.15, -0.1) is 12.4 Å². The number of ether oxygens (including phenoxy) is 1. The molecular weight excluding hydrogens is 366 g/mol. The average molecular weight is 398 g/mol. The molecule has 1 amide bonds. The summed E-state index contributed by atoms with van der Waals surface area (Å²) in [6.45, 7) is 4.96. The van der Waals surface area contributed by atoms with Crippen LogP contribution in [0.3, 0.4) is 0 Å². The number of hydrogen-bond acceptors (Lipinski definition) is 4. The van der Waals surface area contributed by atoms with Gasteiger partial charge in [0, 0.05) is 44.6 Å². The maximum atomic E-state index is 12.5. The van der Waals surface area contributed by atoms with Crippen molar-refractivity contribution in [2.45, 2.75) is 45.1 Å². The van der Waals surface area contributed by atoms with E-state index >= 15 is 0 Å². The molecule has 2 atom stereocenters. The van der Waals surface area contributed by atoms with Crippen LogP contribution in [-0.2, 0) is 11.8 Å². The largest absolute Gasteiger partial charge is 0.478 e. The molecule has 3 rings (SSSR count). The van der Waals surface area contributed by atoms with Gasteiger partial charge in [0.2, 0.25) is 5.43 Å². The molecule has 0 bridgehead atoms. The number of piperidine rings is 2. The van der Waals surface area contributed by atoms with Crippen LogP contribution >= 0.6 is 12.4 Å². The summed E-state index contributed by atoms with van der Waals surface area (Å²) in [7, 11) is 3.70. The van der Waals surface area contributed by atoms with Crippen molar-refractivity contribution in [2.75, 3.05) is 33.3 Å². The van der Waals surface area contributed by atoms with Gasteiger partial charge in [0.15, 0.2) is 12.4 Å². The zero-order chi connectivity index (χ0) is 18.7. The fraction of sp³-hybridized carbons (Fsp3) is 0.700. The molecule has 2 fully saturated rings. The van der Waals surface area contributed by atoms with Crippen molar-refractivity contribution in [1.29, 1.82) is 0 Å². The molecule has 152 valence electrons. The minimum Gasteiger partial charge on any atom is -0.478 e. The summed E-state index contributed by atoms with van der Waals surface area (Å²) in [6.07, 6.45) is 7.92. The quantitative estimate of drug-likeness (QED) is 0.764. The first-order chi connectivity index (χ1) is 12.5. The van der Waals surface area contributed by atoms with E-state index in [4.69, 9.17) is 4.74 Å². The third-order valence-corrected chi connectivity index (χ3v) is 5.96. The Morgan fingerprint density at radius 3 is 2.78 bits per heavy atom. The van der Waals surface area contributed by atoms with Gasteiger partial charge in [-0.2, -0.15) is 0 Å². The fourth-order valence-corrected chi connectivity index (χ4v) is 4.31. The van der Waals surface area contributed by atoms with Crippen LogP contribution in [0.1, 0.15) is 37.8 Å². The summed E-state index contributed by atoms with van der Waals surface area (Å²) in [6, 6.07) is 2.15. The maximum absolute atomic E-state index is 12.5. The molecule has 2 aliphatic rings. The molecule has 0 saturated carbocycles. The molecule has 0 radical (unpaired) electrons. The summed E-state index contributed by atoms with van der Waals surface area (Å²) >= 11 is 0. The lowest BCUT2D eigenvalue weighted by atomic mass is 9.83. The molecule has 6 nitrogen and oxygen atoms in total. The van der Waals surface area contributed by atoms with Crippen LogP contribution in [0, 0.1) is 12.8 Å². The Hall–Kier alpha value is -1.53. The Morgan fingerprint density at radius 1 is 1.26 bits per heavy atom. The summed E-state index contributed by atoms with van der Waals surface area (Å²) in [5.74, 6) is 0.710. The zero-order valence-electron chi connectivity index (χ0n) is 16.6. The van der Waals surface area contributed by atoms with E-state index in [1.807, 2.05) is 25.6 Å². The molecule has 0 aliphatic carbocycles. The molecule has 7 heteroatoms. The molecule has 0 N–H and O–H groups in total. The van der Waals surface area contributed by atoms with Crippen LogP contribution in [-0.4, -0.2) is 59.6 Å². The summed E-state index contributed by atoms with van der Waals surface area (Å²) in [5.41, 5.74) is 0.682. The highest BCUT2D eigenvalue weighted by Gasteiger charge is 2.34. The third-order valence-electron chi connectivity index (χ3n) is 5.96. The third kappa shape index (κ3) is 5.26. The number of carbonyl (C=O) groups is 1. The molecule has 2 saturated heterocycles. The molecule has 0 aromatic carbocycles. The smallest absolute Gasteiger partial charge is 0.260 e. The lowest BCUT2D eigenvalue weighted by molar-refractivity contribution is -0.133. The highest BCUT2D eigenvalue weighted by atomic mass is 35.5. The number of aromatic nitrogens is 1. The first-order valence-corrected chi connectivity index (χ1v) is 9.74. The number of fused-ring (bicyclic) bond motifs is 1. The maximum Gasteiger partial charge on any atom is 0.260 e. The molecular formula is C20H32ClN3O3. The van der Waals surface area contributed by atoms with Gasteiger partial charge in [0.1, 0.15) is 0 Å². The predicted molar refractivity (Wildman–Crippen MR) is 109 cm³/mol. The Morgan fingerprint density at radius 2 is 2.00 bits per heavy atom. The van der Waals surface area contributed by atoms with Crippen molar-refractivity contribution in [3.8, 4) is 5.75 Å². The monoisotopic (exact) mass is 397 g/mol. The second-order valence-corrected chi connectivity index (χ2v) is 7.82. The molecule has 0 spiro atoms. The van der Waals surface area contributed by atoms with Crippen LogP contribution in [0.25, 0.3) is 0 Å². The molecule has 0 unspecified atom stereocenters. The number of amides is 1. The van der Waals surface area contributed by atoms with Crippen molar-refractivity contribution in [3.05, 3.63) is 28.2 Å². The summed E-state index contributed by atoms with van der Waals surface area (Å²) < 4.78 is 7.34. The van der Waals surface area contributed by atoms with Gasteiger partial charge >= 0.3 is 0 Å². The molecule has 3 heterocycles. The second-order valence-electron chi connectivity index (χ2n) is 7.82. The van der Waals surface area contributed by atoms with Gasteiger partial charge in [-0.25, -0.2) is 0 Å². The Labute approximate surface area is 167 Å². The Kier molecular flexibility index (Phi) is 7.74. The number of rotatable bonds is 5. The molecule has 1 aromatic heterocycles. The topological polar surface area (TPSA) is 54.8 Å². The van der Waals surface area contributed by atoms with Crippen LogP contribution in [0.2, 0.25) is 0 Å². The van der Waals surface area contributed by atoms with E-state index < -0.39 is 0 Å². The van der Waals surface area contributed by atoms with Crippen LogP contribution in [0.5, 0.6) is 5.75 Å². The number of hydrogen-bond donors (Lipinski definition) is 0. The number of likely N-dealkylation sites (N-methyl/N-ethyl adjacent to an activating group) is 1. The van der Waals surface area contributed by atoms with Gasteiger partial charge in [-0.3, -0.25) is 9.59 Å². The van der Waals surface area contributed by atoms with Crippen molar-refractivity contribution >= 4 is 18.3 Å². The summed E-state index contributed by atoms with van der Waals surface area (Å²) in [4.78, 5) is 28.9. The predicted octanol–water partition coefficient (Wildman–Crippen LogP) is 2.22. The van der Waals surface area contributed by atoms with E-state index in [0.717, 1.165) is 12.2 Å². The average Bonchev–Trinajstić information content (AvgIpc) is 2.63. The van der Waals surface area contributed by atoms with Gasteiger partial charge in [0.25, 0.3) is 5.91 Å². The highest BCUT2D eigenvalue weighted by Crippen LogP contribution is 2.31.